The Balaban J connectivity index is 1.81. The Kier molecular flexibility index (Phi) is 6.37. The molecule has 2 atom stereocenters. The Hall–Kier alpha value is -2.08. The number of hydrogen-bond donors (Lipinski definition) is 2. The number of aliphatic imine (C=N–C) groups is 1. The van der Waals surface area contributed by atoms with Crippen LogP contribution in [0.4, 0.5) is 4.79 Å². The summed E-state index contributed by atoms with van der Waals surface area (Å²) in [4.78, 5) is 28.9. The van der Waals surface area contributed by atoms with Crippen molar-refractivity contribution in [1.82, 2.24) is 5.32 Å². The van der Waals surface area contributed by atoms with Gasteiger partial charge < -0.3 is 15.2 Å². The zero-order valence-corrected chi connectivity index (χ0v) is 16.2. The molecule has 146 valence electrons. The van der Waals surface area contributed by atoms with Crippen LogP contribution in [0.2, 0.25) is 5.02 Å². The molecule has 6 nitrogen and oxygen atoms in total. The highest BCUT2D eigenvalue weighted by Gasteiger charge is 2.39. The smallest absolute Gasteiger partial charge is 0.341 e. The molecule has 1 aromatic rings. The summed E-state index contributed by atoms with van der Waals surface area (Å²) in [5.41, 5.74) is 1.08. The number of aromatic hydroxyl groups is 1. The minimum Gasteiger partial charge on any atom is -0.506 e. The average molecular weight is 393 g/mol. The van der Waals surface area contributed by atoms with Crippen LogP contribution in [-0.4, -0.2) is 29.4 Å². The van der Waals surface area contributed by atoms with E-state index in [2.05, 4.69) is 10.3 Å². The lowest BCUT2D eigenvalue weighted by Gasteiger charge is -2.31. The molecule has 2 aliphatic rings. The third-order valence-corrected chi connectivity index (χ3v) is 5.67. The van der Waals surface area contributed by atoms with Crippen molar-refractivity contribution in [2.45, 2.75) is 51.5 Å². The van der Waals surface area contributed by atoms with Gasteiger partial charge in [-0.2, -0.15) is 0 Å². The van der Waals surface area contributed by atoms with E-state index in [1.54, 1.807) is 12.1 Å². The van der Waals surface area contributed by atoms with Gasteiger partial charge in [0.05, 0.1) is 17.7 Å². The first-order valence-corrected chi connectivity index (χ1v) is 9.90. The van der Waals surface area contributed by atoms with E-state index in [0.717, 1.165) is 12.8 Å². The molecule has 1 aliphatic carbocycles. The van der Waals surface area contributed by atoms with E-state index >= 15 is 0 Å². The van der Waals surface area contributed by atoms with E-state index in [4.69, 9.17) is 16.3 Å². The molecule has 2 unspecified atom stereocenters. The zero-order valence-electron chi connectivity index (χ0n) is 15.4. The van der Waals surface area contributed by atoms with E-state index < -0.39 is 18.0 Å². The van der Waals surface area contributed by atoms with Gasteiger partial charge in [-0.15, -0.1) is 0 Å². The SMILES string of the molecule is CCC1=NC(=O)NC(c2ccc(Cl)c(O)c2)C1C(=O)OCC1CCCCC1. The van der Waals surface area contributed by atoms with Crippen LogP contribution in [0.3, 0.4) is 0 Å². The van der Waals surface area contributed by atoms with Crippen molar-refractivity contribution < 1.29 is 19.4 Å². The van der Waals surface area contributed by atoms with Crippen molar-refractivity contribution in [3.8, 4) is 5.75 Å². The summed E-state index contributed by atoms with van der Waals surface area (Å²) in [5.74, 6) is -0.795. The first-order valence-electron chi connectivity index (χ1n) is 9.52. The van der Waals surface area contributed by atoms with Gasteiger partial charge in [0.25, 0.3) is 0 Å². The van der Waals surface area contributed by atoms with Crippen LogP contribution in [0.25, 0.3) is 0 Å². The number of carbonyl (C=O) groups excluding carboxylic acids is 2. The molecule has 7 heteroatoms. The van der Waals surface area contributed by atoms with Crippen molar-refractivity contribution >= 4 is 29.3 Å². The van der Waals surface area contributed by atoms with Gasteiger partial charge in [-0.1, -0.05) is 43.9 Å². The number of hydrogen-bond acceptors (Lipinski definition) is 4. The fourth-order valence-electron chi connectivity index (χ4n) is 3.85. The highest BCUT2D eigenvalue weighted by Crippen LogP contribution is 2.34. The number of halogens is 1. The Bertz CT molecular complexity index is 743. The number of rotatable bonds is 5. The maximum atomic E-state index is 12.9. The molecule has 0 spiro atoms. The fraction of sp³-hybridized carbons (Fsp3) is 0.550. The summed E-state index contributed by atoms with van der Waals surface area (Å²) < 4.78 is 5.63. The molecule has 2 amide bonds. The number of esters is 1. The van der Waals surface area contributed by atoms with Crippen LogP contribution in [-0.2, 0) is 9.53 Å². The van der Waals surface area contributed by atoms with Gasteiger partial charge in [-0.05, 0) is 42.9 Å². The number of urea groups is 1. The van der Waals surface area contributed by atoms with Crippen molar-refractivity contribution in [2.24, 2.45) is 16.8 Å². The molecule has 2 N–H and O–H groups in total. The zero-order chi connectivity index (χ0) is 19.4. The fourth-order valence-corrected chi connectivity index (χ4v) is 3.97. The molecule has 0 saturated heterocycles. The van der Waals surface area contributed by atoms with Crippen molar-refractivity contribution in [3.05, 3.63) is 28.8 Å². The van der Waals surface area contributed by atoms with E-state index in [1.807, 2.05) is 6.92 Å². The third-order valence-electron chi connectivity index (χ3n) is 5.35. The first-order chi connectivity index (χ1) is 13.0. The molecule has 0 radical (unpaired) electrons. The second kappa shape index (κ2) is 8.74. The highest BCUT2D eigenvalue weighted by molar-refractivity contribution is 6.32. The summed E-state index contributed by atoms with van der Waals surface area (Å²) in [5, 5.41) is 12.9. The van der Waals surface area contributed by atoms with Crippen LogP contribution in [0.15, 0.2) is 23.2 Å². The Labute approximate surface area is 164 Å². The van der Waals surface area contributed by atoms with E-state index in [-0.39, 0.29) is 16.7 Å². The van der Waals surface area contributed by atoms with Crippen LogP contribution >= 0.6 is 11.6 Å². The first kappa shape index (κ1) is 19.7. The monoisotopic (exact) mass is 392 g/mol. The largest absolute Gasteiger partial charge is 0.506 e. The van der Waals surface area contributed by atoms with Gasteiger partial charge in [0.1, 0.15) is 11.7 Å². The molecule has 1 saturated carbocycles. The molecule has 27 heavy (non-hydrogen) atoms. The number of phenols is 1. The molecule has 1 fully saturated rings. The number of nitrogens with zero attached hydrogens (tertiary/aromatic N) is 1. The second-order valence-corrected chi connectivity index (χ2v) is 7.61. The summed E-state index contributed by atoms with van der Waals surface area (Å²) in [6.07, 6.45) is 6.22. The molecule has 1 heterocycles. The van der Waals surface area contributed by atoms with Crippen LogP contribution in [0, 0.1) is 11.8 Å². The van der Waals surface area contributed by atoms with Crippen LogP contribution < -0.4 is 5.32 Å². The van der Waals surface area contributed by atoms with Crippen molar-refractivity contribution in [1.29, 1.82) is 0 Å². The van der Waals surface area contributed by atoms with Gasteiger partial charge in [0.2, 0.25) is 0 Å². The lowest BCUT2D eigenvalue weighted by atomic mass is 9.86. The Morgan fingerprint density at radius 3 is 2.74 bits per heavy atom. The quantitative estimate of drug-likeness (QED) is 0.727. The van der Waals surface area contributed by atoms with E-state index in [9.17, 15) is 14.7 Å². The van der Waals surface area contributed by atoms with E-state index in [1.165, 1.54) is 25.3 Å². The summed E-state index contributed by atoms with van der Waals surface area (Å²) in [6, 6.07) is 3.55. The molecule has 3 rings (SSSR count). The maximum Gasteiger partial charge on any atom is 0.341 e. The second-order valence-electron chi connectivity index (χ2n) is 7.21. The van der Waals surface area contributed by atoms with Crippen LogP contribution in [0.5, 0.6) is 5.75 Å². The number of carbonyl (C=O) groups is 2. The van der Waals surface area contributed by atoms with Gasteiger partial charge in [0.15, 0.2) is 0 Å². The Morgan fingerprint density at radius 1 is 1.33 bits per heavy atom. The normalized spacial score (nSPS) is 23.5. The minimum atomic E-state index is -0.711. The highest BCUT2D eigenvalue weighted by atomic mass is 35.5. The molecule has 1 aromatic carbocycles. The predicted molar refractivity (Wildman–Crippen MR) is 103 cm³/mol. The number of phenolic OH excluding ortho intramolecular Hbond substituents is 1. The standard InChI is InChI=1S/C20H25ClN2O4/c1-2-15-17(19(25)27-11-12-6-4-3-5-7-12)18(23-20(26)22-15)13-8-9-14(21)16(24)10-13/h8-10,12,17-18,24H,2-7,11H2,1H3,(H,23,26). The molecule has 1 aliphatic heterocycles. The van der Waals surface area contributed by atoms with Crippen LogP contribution in [0.1, 0.15) is 57.1 Å². The van der Waals surface area contributed by atoms with Gasteiger partial charge in [0, 0.05) is 5.71 Å². The Morgan fingerprint density at radius 2 is 2.07 bits per heavy atom. The average Bonchev–Trinajstić information content (AvgIpc) is 2.68. The molecular weight excluding hydrogens is 368 g/mol. The summed E-state index contributed by atoms with van der Waals surface area (Å²) in [7, 11) is 0. The van der Waals surface area contributed by atoms with E-state index in [0.29, 0.717) is 30.2 Å². The number of amides is 2. The maximum absolute atomic E-state index is 12.9. The number of benzene rings is 1. The minimum absolute atomic E-state index is 0.0988. The topological polar surface area (TPSA) is 88.0 Å². The van der Waals surface area contributed by atoms with Gasteiger partial charge in [-0.3, -0.25) is 4.79 Å². The third kappa shape index (κ3) is 4.61. The molecule has 0 aromatic heterocycles. The molecular formula is C20H25ClN2O4. The molecule has 0 bridgehead atoms. The van der Waals surface area contributed by atoms with Crippen molar-refractivity contribution in [3.63, 3.8) is 0 Å². The van der Waals surface area contributed by atoms with Gasteiger partial charge >= 0.3 is 12.0 Å². The van der Waals surface area contributed by atoms with Crippen molar-refractivity contribution in [2.75, 3.05) is 6.61 Å². The lowest BCUT2D eigenvalue weighted by Crippen LogP contribution is -2.45. The summed E-state index contributed by atoms with van der Waals surface area (Å²) >= 11 is 5.89. The van der Waals surface area contributed by atoms with Gasteiger partial charge in [-0.25, -0.2) is 9.79 Å². The number of ether oxygens (including phenoxy) is 1. The summed E-state index contributed by atoms with van der Waals surface area (Å²) in [6.45, 7) is 2.26. The predicted octanol–water partition coefficient (Wildman–Crippen LogP) is 4.40. The lowest BCUT2D eigenvalue weighted by molar-refractivity contribution is -0.148. The number of nitrogens with one attached hydrogen (secondary N) is 1.